The number of hydrogen-bond acceptors (Lipinski definition) is 6. The lowest BCUT2D eigenvalue weighted by molar-refractivity contribution is -0.127. The fraction of sp³-hybridized carbons (Fsp3) is 0.115. The molecular formula is C26H19BrCl2N2O5S. The van der Waals surface area contributed by atoms with Gasteiger partial charge in [0.25, 0.3) is 11.1 Å². The van der Waals surface area contributed by atoms with Crippen LogP contribution in [0, 0.1) is 0 Å². The second-order valence-electron chi connectivity index (χ2n) is 7.73. The zero-order valence-electron chi connectivity index (χ0n) is 19.3. The highest BCUT2D eigenvalue weighted by Crippen LogP contribution is 2.35. The maximum atomic E-state index is 12.9. The molecule has 37 heavy (non-hydrogen) atoms. The Balaban J connectivity index is 1.44. The number of para-hydroxylation sites is 1. The number of imide groups is 1. The number of carbonyl (C=O) groups is 3. The van der Waals surface area contributed by atoms with E-state index < -0.39 is 23.6 Å². The summed E-state index contributed by atoms with van der Waals surface area (Å²) in [6.45, 7) is -0.196. The molecule has 0 aromatic heterocycles. The minimum Gasteiger partial charge on any atom is -0.493 e. The lowest BCUT2D eigenvalue weighted by atomic mass is 10.1. The van der Waals surface area contributed by atoms with Gasteiger partial charge in [0, 0.05) is 20.1 Å². The first-order valence-electron chi connectivity index (χ1n) is 10.8. The predicted octanol–water partition coefficient (Wildman–Crippen LogP) is 7.02. The molecule has 1 saturated heterocycles. The number of hydrogen-bond donors (Lipinski definition) is 1. The third kappa shape index (κ3) is 6.67. The van der Waals surface area contributed by atoms with E-state index in [-0.39, 0.29) is 11.5 Å². The predicted molar refractivity (Wildman–Crippen MR) is 149 cm³/mol. The average molecular weight is 622 g/mol. The minimum absolute atomic E-state index is 0.197. The van der Waals surface area contributed by atoms with Gasteiger partial charge in [0.05, 0.1) is 17.7 Å². The molecular weight excluding hydrogens is 603 g/mol. The van der Waals surface area contributed by atoms with Crippen molar-refractivity contribution in [1.29, 1.82) is 0 Å². The Morgan fingerprint density at radius 1 is 1.08 bits per heavy atom. The van der Waals surface area contributed by atoms with Crippen LogP contribution in [0.25, 0.3) is 6.08 Å². The maximum Gasteiger partial charge on any atom is 0.294 e. The quantitative estimate of drug-likeness (QED) is 0.272. The molecule has 0 saturated carbocycles. The van der Waals surface area contributed by atoms with Crippen LogP contribution in [0.4, 0.5) is 10.5 Å². The normalized spacial score (nSPS) is 14.3. The summed E-state index contributed by atoms with van der Waals surface area (Å²) in [6.07, 6.45) is 1.57. The van der Waals surface area contributed by atoms with Gasteiger partial charge in [0.2, 0.25) is 5.91 Å². The van der Waals surface area contributed by atoms with Gasteiger partial charge in [-0.2, -0.15) is 0 Å². The summed E-state index contributed by atoms with van der Waals surface area (Å²) < 4.78 is 12.0. The summed E-state index contributed by atoms with van der Waals surface area (Å²) in [5.74, 6) is -0.123. The van der Waals surface area contributed by atoms with E-state index >= 15 is 0 Å². The van der Waals surface area contributed by atoms with Gasteiger partial charge in [-0.25, -0.2) is 0 Å². The third-order valence-corrected chi connectivity index (χ3v) is 7.39. The molecule has 1 aliphatic heterocycles. The van der Waals surface area contributed by atoms with Crippen molar-refractivity contribution in [2.45, 2.75) is 6.61 Å². The van der Waals surface area contributed by atoms with Gasteiger partial charge in [0.1, 0.15) is 13.2 Å². The Hall–Kier alpha value is -2.98. The summed E-state index contributed by atoms with van der Waals surface area (Å²) in [5, 5.41) is 3.19. The van der Waals surface area contributed by atoms with Crippen molar-refractivity contribution in [3.05, 3.63) is 91.2 Å². The number of ether oxygens (including phenoxy) is 2. The summed E-state index contributed by atoms with van der Waals surface area (Å²) in [6, 6.07) is 17.3. The van der Waals surface area contributed by atoms with Gasteiger partial charge < -0.3 is 14.8 Å². The van der Waals surface area contributed by atoms with Crippen LogP contribution in [0.5, 0.6) is 11.5 Å². The molecule has 0 unspecified atom stereocenters. The fourth-order valence-corrected chi connectivity index (χ4v) is 5.06. The van der Waals surface area contributed by atoms with Crippen molar-refractivity contribution in [1.82, 2.24) is 4.90 Å². The van der Waals surface area contributed by atoms with Gasteiger partial charge in [0.15, 0.2) is 11.5 Å². The molecule has 3 aromatic rings. The van der Waals surface area contributed by atoms with E-state index in [0.29, 0.717) is 37.3 Å². The van der Waals surface area contributed by atoms with Gasteiger partial charge in [-0.1, -0.05) is 47.5 Å². The molecule has 11 heteroatoms. The lowest BCUT2D eigenvalue weighted by Gasteiger charge is -2.13. The number of carbonyl (C=O) groups excluding carboxylic acids is 3. The largest absolute Gasteiger partial charge is 0.493 e. The van der Waals surface area contributed by atoms with E-state index in [1.807, 2.05) is 6.07 Å². The Labute approximate surface area is 235 Å². The van der Waals surface area contributed by atoms with Gasteiger partial charge in [-0.15, -0.1) is 0 Å². The Morgan fingerprint density at radius 2 is 1.86 bits per heavy atom. The smallest absolute Gasteiger partial charge is 0.294 e. The van der Waals surface area contributed by atoms with Gasteiger partial charge >= 0.3 is 0 Å². The molecule has 0 atom stereocenters. The Kier molecular flexibility index (Phi) is 8.81. The first kappa shape index (κ1) is 27.1. The van der Waals surface area contributed by atoms with E-state index in [0.717, 1.165) is 22.2 Å². The fourth-order valence-electron chi connectivity index (χ4n) is 3.37. The van der Waals surface area contributed by atoms with Gasteiger partial charge in [-0.05, 0) is 75.7 Å². The van der Waals surface area contributed by atoms with E-state index in [1.54, 1.807) is 60.7 Å². The zero-order valence-corrected chi connectivity index (χ0v) is 23.2. The Morgan fingerprint density at radius 3 is 2.59 bits per heavy atom. The highest BCUT2D eigenvalue weighted by molar-refractivity contribution is 9.10. The molecule has 0 radical (unpaired) electrons. The van der Waals surface area contributed by atoms with E-state index in [1.165, 1.54) is 7.11 Å². The number of anilines is 1. The lowest BCUT2D eigenvalue weighted by Crippen LogP contribution is -2.36. The van der Waals surface area contributed by atoms with Crippen molar-refractivity contribution in [2.75, 3.05) is 19.0 Å². The number of thioether (sulfide) groups is 1. The number of halogens is 3. The van der Waals surface area contributed by atoms with Crippen LogP contribution >= 0.6 is 50.9 Å². The van der Waals surface area contributed by atoms with Crippen LogP contribution in [0.1, 0.15) is 11.1 Å². The van der Waals surface area contributed by atoms with Crippen molar-refractivity contribution in [2.24, 2.45) is 0 Å². The molecule has 0 spiro atoms. The van der Waals surface area contributed by atoms with Crippen molar-refractivity contribution in [3.63, 3.8) is 0 Å². The number of benzene rings is 3. The first-order chi connectivity index (χ1) is 17.7. The number of nitrogens with one attached hydrogen (secondary N) is 1. The molecule has 7 nitrogen and oxygen atoms in total. The molecule has 1 N–H and O–H groups in total. The van der Waals surface area contributed by atoms with Crippen molar-refractivity contribution < 1.29 is 23.9 Å². The van der Waals surface area contributed by atoms with Crippen molar-refractivity contribution in [3.8, 4) is 11.5 Å². The number of rotatable bonds is 8. The zero-order chi connectivity index (χ0) is 26.5. The topological polar surface area (TPSA) is 84.9 Å². The molecule has 1 aliphatic rings. The first-order valence-corrected chi connectivity index (χ1v) is 13.2. The van der Waals surface area contributed by atoms with Crippen LogP contribution in [0.3, 0.4) is 0 Å². The number of methoxy groups -OCH3 is 1. The highest BCUT2D eigenvalue weighted by Gasteiger charge is 2.36. The molecule has 190 valence electrons. The van der Waals surface area contributed by atoms with E-state index in [9.17, 15) is 14.4 Å². The molecule has 4 rings (SSSR count). The summed E-state index contributed by atoms with van der Waals surface area (Å²) >= 11 is 16.3. The molecule has 3 amide bonds. The molecule has 3 aromatic carbocycles. The maximum absolute atomic E-state index is 12.9. The Bertz CT molecular complexity index is 1420. The van der Waals surface area contributed by atoms with Crippen LogP contribution < -0.4 is 14.8 Å². The highest BCUT2D eigenvalue weighted by atomic mass is 79.9. The molecule has 1 heterocycles. The SMILES string of the molecule is COc1cc(/C=C2/SC(=O)N(CC(=O)Nc3ccccc3Br)C2=O)ccc1OCc1ccc(Cl)cc1Cl. The van der Waals surface area contributed by atoms with E-state index in [4.69, 9.17) is 32.7 Å². The number of nitrogens with zero attached hydrogens (tertiary/aromatic N) is 1. The van der Waals surface area contributed by atoms with E-state index in [2.05, 4.69) is 21.2 Å². The van der Waals surface area contributed by atoms with Crippen LogP contribution in [-0.4, -0.2) is 35.6 Å². The van der Waals surface area contributed by atoms with Crippen molar-refractivity contribution >= 4 is 79.7 Å². The monoisotopic (exact) mass is 620 g/mol. The van der Waals surface area contributed by atoms with Crippen LogP contribution in [-0.2, 0) is 16.2 Å². The standard InChI is InChI=1S/C26H19BrCl2N2O5S/c1-35-22-10-15(6-9-21(22)36-14-16-7-8-17(28)12-19(16)29)11-23-25(33)31(26(34)37-23)13-24(32)30-20-5-3-2-4-18(20)27/h2-12H,13-14H2,1H3,(H,30,32)/b23-11+. The second kappa shape index (κ2) is 12.0. The summed E-state index contributed by atoms with van der Waals surface area (Å²) in [7, 11) is 1.50. The molecule has 0 aliphatic carbocycles. The van der Waals surface area contributed by atoms with Gasteiger partial charge in [-0.3, -0.25) is 19.3 Å². The summed E-state index contributed by atoms with van der Waals surface area (Å²) in [5.41, 5.74) is 1.93. The second-order valence-corrected chi connectivity index (χ2v) is 10.4. The van der Waals surface area contributed by atoms with Crippen LogP contribution in [0.2, 0.25) is 10.0 Å². The summed E-state index contributed by atoms with van der Waals surface area (Å²) in [4.78, 5) is 38.9. The minimum atomic E-state index is -0.547. The number of amides is 3. The third-order valence-electron chi connectivity index (χ3n) is 5.21. The average Bonchev–Trinajstić information content (AvgIpc) is 3.12. The molecule has 0 bridgehead atoms. The molecule has 1 fully saturated rings. The van der Waals surface area contributed by atoms with Crippen LogP contribution in [0.15, 0.2) is 70.0 Å².